The molecule has 217 valence electrons. The third-order valence-corrected chi connectivity index (χ3v) is 7.31. The van der Waals surface area contributed by atoms with Crippen LogP contribution in [0.3, 0.4) is 0 Å². The molecule has 0 spiro atoms. The summed E-state index contributed by atoms with van der Waals surface area (Å²) < 4.78 is 16.8. The molecule has 5 nitrogen and oxygen atoms in total. The normalized spacial score (nSPS) is 11.5. The Morgan fingerprint density at radius 2 is 1.59 bits per heavy atom. The predicted molar refractivity (Wildman–Crippen MR) is 173 cm³/mol. The van der Waals surface area contributed by atoms with E-state index in [-0.39, 0.29) is 20.1 Å². The largest absolute Gasteiger partial charge is 0.501 e. The zero-order valence-corrected chi connectivity index (χ0v) is 26.5. The topological polar surface area (TPSA) is 56.7 Å². The van der Waals surface area contributed by atoms with Crippen molar-refractivity contribution in [1.29, 1.82) is 0 Å². The Balaban J connectivity index is 0.000000231. The summed E-state index contributed by atoms with van der Waals surface area (Å²) in [5.74, 6) is 0.0327. The molecule has 4 aromatic heterocycles. The van der Waals surface area contributed by atoms with E-state index in [1.165, 1.54) is 0 Å². The molecular formula is C38H28IrN4O-2. The van der Waals surface area contributed by atoms with Crippen molar-refractivity contribution >= 4 is 33.1 Å². The van der Waals surface area contributed by atoms with Crippen LogP contribution in [0.4, 0.5) is 0 Å². The molecule has 4 aromatic carbocycles. The molecule has 6 heteroatoms. The maximum atomic E-state index is 8.38. The van der Waals surface area contributed by atoms with Gasteiger partial charge in [0, 0.05) is 44.9 Å². The number of pyridine rings is 2. The molecule has 8 aromatic rings. The van der Waals surface area contributed by atoms with E-state index in [2.05, 4.69) is 22.1 Å². The second-order valence-corrected chi connectivity index (χ2v) is 10.4. The number of rotatable bonds is 4. The molecule has 8 rings (SSSR count). The van der Waals surface area contributed by atoms with Crippen molar-refractivity contribution in [1.82, 2.24) is 19.5 Å². The number of para-hydroxylation sites is 1. The van der Waals surface area contributed by atoms with Gasteiger partial charge in [0.25, 0.3) is 0 Å². The smallest absolute Gasteiger partial charge is 0.155 e. The summed E-state index contributed by atoms with van der Waals surface area (Å²) in [4.78, 5) is 13.7. The van der Waals surface area contributed by atoms with Gasteiger partial charge < -0.3 is 14.0 Å². The van der Waals surface area contributed by atoms with Crippen molar-refractivity contribution in [3.8, 4) is 28.3 Å². The van der Waals surface area contributed by atoms with Gasteiger partial charge in [-0.2, -0.15) is 0 Å². The van der Waals surface area contributed by atoms with Gasteiger partial charge in [-0.3, -0.25) is 4.98 Å². The van der Waals surface area contributed by atoms with Crippen LogP contribution in [0.1, 0.15) is 26.7 Å². The van der Waals surface area contributed by atoms with E-state index in [4.69, 9.17) is 10.8 Å². The van der Waals surface area contributed by atoms with Crippen molar-refractivity contribution in [2.45, 2.75) is 19.7 Å². The van der Waals surface area contributed by atoms with Crippen molar-refractivity contribution in [2.24, 2.45) is 0 Å². The molecule has 4 heterocycles. The number of imidazole rings is 1. The van der Waals surface area contributed by atoms with E-state index < -0.39 is 5.89 Å². The summed E-state index contributed by atoms with van der Waals surface area (Å²) in [7, 11) is 0. The molecule has 0 aliphatic rings. The Morgan fingerprint density at radius 1 is 0.773 bits per heavy atom. The van der Waals surface area contributed by atoms with E-state index in [1.807, 2.05) is 134 Å². The first-order valence-corrected chi connectivity index (χ1v) is 14.1. The molecule has 0 saturated heterocycles. The Bertz CT molecular complexity index is 2170. The van der Waals surface area contributed by atoms with Gasteiger partial charge in [-0.15, -0.1) is 54.1 Å². The summed E-state index contributed by atoms with van der Waals surface area (Å²) in [6.07, 6.45) is 3.57. The summed E-state index contributed by atoms with van der Waals surface area (Å²) >= 11 is 0. The number of benzene rings is 4. The number of fused-ring (bicyclic) bond motifs is 4. The molecule has 0 fully saturated rings. The Labute approximate surface area is 271 Å². The van der Waals surface area contributed by atoms with Crippen LogP contribution in [0.2, 0.25) is 0 Å². The van der Waals surface area contributed by atoms with E-state index in [9.17, 15) is 0 Å². The molecule has 0 unspecified atom stereocenters. The SMILES string of the molecule is [2H]C(C)(C)c1ccc2c(c1)oc1c(-c3nc4cccnc4n3-c3ccccc3)[c-]ccc12.[Ir].[c-]1ccccc1-c1ccccn1. The third kappa shape index (κ3) is 5.58. The van der Waals surface area contributed by atoms with Gasteiger partial charge in [-0.1, -0.05) is 67.3 Å². The Morgan fingerprint density at radius 3 is 2.36 bits per heavy atom. The third-order valence-electron chi connectivity index (χ3n) is 7.31. The van der Waals surface area contributed by atoms with Gasteiger partial charge in [0.15, 0.2) is 5.65 Å². The minimum atomic E-state index is -0.699. The van der Waals surface area contributed by atoms with Crippen molar-refractivity contribution < 1.29 is 25.9 Å². The van der Waals surface area contributed by atoms with E-state index in [0.717, 1.165) is 67.0 Å². The van der Waals surface area contributed by atoms with Crippen LogP contribution >= 0.6 is 0 Å². The van der Waals surface area contributed by atoms with Crippen LogP contribution in [0.15, 0.2) is 132 Å². The number of aromatic nitrogens is 4. The van der Waals surface area contributed by atoms with Crippen LogP contribution in [0.5, 0.6) is 0 Å². The first-order valence-electron chi connectivity index (χ1n) is 14.6. The van der Waals surface area contributed by atoms with E-state index in [0.29, 0.717) is 0 Å². The fourth-order valence-corrected chi connectivity index (χ4v) is 5.20. The first kappa shape index (κ1) is 27.9. The van der Waals surface area contributed by atoms with Gasteiger partial charge in [-0.05, 0) is 53.5 Å². The fraction of sp³-hybridized carbons (Fsp3) is 0.0789. The van der Waals surface area contributed by atoms with Crippen molar-refractivity contribution in [2.75, 3.05) is 0 Å². The standard InChI is InChI=1S/C27H20N3O.C11H8N.Ir/c1-17(2)18-13-14-20-21-10-6-11-22(25(21)31-24(20)16-18)26-29-23-12-7-15-28-27(23)30(26)19-8-4-3-5-9-19;1-2-6-10(7-3-1)11-8-4-5-9-12-11;/h3-10,12-17H,1-2H3;1-6,8-9H;/q2*-1;/i17D;;. The molecule has 0 bridgehead atoms. The summed E-state index contributed by atoms with van der Waals surface area (Å²) in [5.41, 5.74) is 7.77. The summed E-state index contributed by atoms with van der Waals surface area (Å²) in [6, 6.07) is 44.1. The number of hydrogen-bond donors (Lipinski definition) is 0. The molecule has 1 radical (unpaired) electrons. The van der Waals surface area contributed by atoms with Gasteiger partial charge in [-0.25, -0.2) is 4.98 Å². The molecule has 0 amide bonds. The molecular weight excluding hydrogens is 721 g/mol. The quantitative estimate of drug-likeness (QED) is 0.168. The maximum absolute atomic E-state index is 8.38. The minimum Gasteiger partial charge on any atom is -0.501 e. The predicted octanol–water partition coefficient (Wildman–Crippen LogP) is 9.46. The Kier molecular flexibility index (Phi) is 8.09. The second kappa shape index (κ2) is 12.8. The van der Waals surface area contributed by atoms with Crippen molar-refractivity contribution in [3.63, 3.8) is 0 Å². The van der Waals surface area contributed by atoms with Crippen molar-refractivity contribution in [3.05, 3.63) is 145 Å². The molecule has 44 heavy (non-hydrogen) atoms. The minimum absolute atomic E-state index is 0. The molecule has 0 aliphatic heterocycles. The average molecular weight is 750 g/mol. The van der Waals surface area contributed by atoms with E-state index >= 15 is 0 Å². The number of hydrogen-bond acceptors (Lipinski definition) is 4. The van der Waals surface area contributed by atoms with Gasteiger partial charge in [0.1, 0.15) is 5.58 Å². The van der Waals surface area contributed by atoms with Gasteiger partial charge >= 0.3 is 0 Å². The monoisotopic (exact) mass is 750 g/mol. The van der Waals surface area contributed by atoms with Crippen LogP contribution < -0.4 is 0 Å². The van der Waals surface area contributed by atoms with Crippen LogP contribution in [0.25, 0.3) is 61.4 Å². The molecule has 0 saturated carbocycles. The zero-order chi connectivity index (χ0) is 30.1. The fourth-order valence-electron chi connectivity index (χ4n) is 5.20. The average Bonchev–Trinajstić information content (AvgIpc) is 3.64. The van der Waals surface area contributed by atoms with Gasteiger partial charge in [0.2, 0.25) is 0 Å². The van der Waals surface area contributed by atoms with Crippen LogP contribution in [-0.2, 0) is 20.1 Å². The molecule has 0 aliphatic carbocycles. The second-order valence-electron chi connectivity index (χ2n) is 10.4. The summed E-state index contributed by atoms with van der Waals surface area (Å²) in [6.45, 7) is 3.76. The van der Waals surface area contributed by atoms with Crippen LogP contribution in [0, 0.1) is 12.1 Å². The molecule has 0 atom stereocenters. The van der Waals surface area contributed by atoms with Crippen LogP contribution in [-0.4, -0.2) is 19.5 Å². The number of nitrogens with zero attached hydrogens (tertiary/aromatic N) is 4. The maximum Gasteiger partial charge on any atom is 0.155 e. The van der Waals surface area contributed by atoms with Gasteiger partial charge in [0.05, 0.1) is 16.9 Å². The molecule has 0 N–H and O–H groups in total. The zero-order valence-electron chi connectivity index (χ0n) is 25.2. The summed E-state index contributed by atoms with van der Waals surface area (Å²) in [5, 5.41) is 2.02. The Hall–Kier alpha value is -4.90. The van der Waals surface area contributed by atoms with E-state index in [1.54, 1.807) is 12.4 Å². The first-order chi connectivity index (χ1) is 21.5. The number of furan rings is 1.